The maximum atomic E-state index is 13.7. The molecule has 2 aromatic heterocycles. The Hall–Kier alpha value is -3.28. The van der Waals surface area contributed by atoms with Crippen molar-refractivity contribution in [3.05, 3.63) is 81.1 Å². The summed E-state index contributed by atoms with van der Waals surface area (Å²) in [7, 11) is 0. The van der Waals surface area contributed by atoms with Gasteiger partial charge >= 0.3 is 0 Å². The van der Waals surface area contributed by atoms with Gasteiger partial charge in [-0.3, -0.25) is 9.36 Å². The Morgan fingerprint density at radius 2 is 1.89 bits per heavy atom. The zero-order valence-corrected chi connectivity index (χ0v) is 16.2. The van der Waals surface area contributed by atoms with Gasteiger partial charge in [-0.05, 0) is 41.0 Å². The molecule has 2 heterocycles. The first-order valence-electron chi connectivity index (χ1n) is 9.45. The average Bonchev–Trinajstić information content (AvgIpc) is 3.15. The molecule has 0 unspecified atom stereocenters. The summed E-state index contributed by atoms with van der Waals surface area (Å²) in [5, 5.41) is 12.4. The van der Waals surface area contributed by atoms with E-state index in [1.54, 1.807) is 9.08 Å². The monoisotopic (exact) mass is 371 g/mol. The van der Waals surface area contributed by atoms with E-state index in [0.29, 0.717) is 12.3 Å². The van der Waals surface area contributed by atoms with Crippen LogP contribution in [0.25, 0.3) is 17.0 Å². The summed E-state index contributed by atoms with van der Waals surface area (Å²) in [5.41, 5.74) is 5.74. The molecule has 0 spiro atoms. The van der Waals surface area contributed by atoms with Gasteiger partial charge in [-0.15, -0.1) is 0 Å². The van der Waals surface area contributed by atoms with Crippen LogP contribution in [0.1, 0.15) is 36.1 Å². The molecular formula is C22H21N5O. The van der Waals surface area contributed by atoms with Crippen molar-refractivity contribution in [2.24, 2.45) is 0 Å². The molecule has 0 N–H and O–H groups in total. The lowest BCUT2D eigenvalue weighted by molar-refractivity contribution is 0.497. The van der Waals surface area contributed by atoms with E-state index < -0.39 is 0 Å². The van der Waals surface area contributed by atoms with Crippen molar-refractivity contribution in [3.8, 4) is 11.3 Å². The Morgan fingerprint density at radius 1 is 1.11 bits per heavy atom. The Morgan fingerprint density at radius 3 is 2.68 bits per heavy atom. The summed E-state index contributed by atoms with van der Waals surface area (Å²) in [4.78, 5) is 13.7. The Kier molecular flexibility index (Phi) is 3.53. The molecular weight excluding hydrogens is 350 g/mol. The predicted octanol–water partition coefficient (Wildman–Crippen LogP) is 3.14. The zero-order chi connectivity index (χ0) is 19.5. The van der Waals surface area contributed by atoms with E-state index in [0.717, 1.165) is 34.4 Å². The molecule has 0 radical (unpaired) electrons. The lowest BCUT2D eigenvalue weighted by Gasteiger charge is -2.33. The smallest absolute Gasteiger partial charge is 0.259 e. The normalized spacial score (nSPS) is 14.7. The van der Waals surface area contributed by atoms with E-state index in [2.05, 4.69) is 54.5 Å². The van der Waals surface area contributed by atoms with Gasteiger partial charge < -0.3 is 0 Å². The first-order chi connectivity index (χ1) is 13.5. The van der Waals surface area contributed by atoms with E-state index in [1.165, 1.54) is 5.56 Å². The second-order valence-corrected chi connectivity index (χ2v) is 8.21. The largest absolute Gasteiger partial charge is 0.271 e. The molecule has 0 saturated carbocycles. The van der Waals surface area contributed by atoms with Gasteiger partial charge in [-0.2, -0.15) is 4.52 Å². The van der Waals surface area contributed by atoms with Gasteiger partial charge in [-0.25, -0.2) is 0 Å². The van der Waals surface area contributed by atoms with Crippen LogP contribution >= 0.6 is 0 Å². The van der Waals surface area contributed by atoms with Gasteiger partial charge in [0.25, 0.3) is 11.3 Å². The zero-order valence-electron chi connectivity index (χ0n) is 16.2. The quantitative estimate of drug-likeness (QED) is 0.543. The minimum absolute atomic E-state index is 0.0155. The third kappa shape index (κ3) is 2.41. The van der Waals surface area contributed by atoms with Gasteiger partial charge in [0.1, 0.15) is 0 Å². The molecule has 1 aliphatic rings. The number of fused-ring (bicyclic) bond motifs is 5. The summed E-state index contributed by atoms with van der Waals surface area (Å²) in [6.07, 6.45) is 0.809. The van der Waals surface area contributed by atoms with Crippen molar-refractivity contribution in [1.29, 1.82) is 0 Å². The Bertz CT molecular complexity index is 1270. The van der Waals surface area contributed by atoms with Crippen LogP contribution in [-0.2, 0) is 18.4 Å². The van der Waals surface area contributed by atoms with Crippen LogP contribution in [0.3, 0.4) is 0 Å². The van der Waals surface area contributed by atoms with E-state index in [1.807, 2.05) is 30.3 Å². The highest BCUT2D eigenvalue weighted by Gasteiger charge is 2.37. The Labute approximate surface area is 162 Å². The highest BCUT2D eigenvalue weighted by atomic mass is 16.1. The number of aryl methyl sites for hydroxylation is 1. The SMILES string of the molecule is Cc1ccc2c(c1)-c1c(c(=O)n(Cc3ccccc3)c3nnnn13)C(C)(C)C2. The second-order valence-electron chi connectivity index (χ2n) is 8.21. The molecule has 140 valence electrons. The number of nitrogens with zero attached hydrogens (tertiary/aromatic N) is 5. The van der Waals surface area contributed by atoms with Crippen LogP contribution in [0.15, 0.2) is 53.3 Å². The lowest BCUT2D eigenvalue weighted by atomic mass is 9.72. The first-order valence-corrected chi connectivity index (χ1v) is 9.45. The van der Waals surface area contributed by atoms with Crippen LogP contribution in [-0.4, -0.2) is 24.6 Å². The number of rotatable bonds is 2. The fourth-order valence-electron chi connectivity index (χ4n) is 4.33. The van der Waals surface area contributed by atoms with Crippen LogP contribution in [0, 0.1) is 6.92 Å². The molecule has 0 fully saturated rings. The molecule has 4 aromatic rings. The standard InChI is InChI=1S/C22H21N5O/c1-14-9-10-16-12-22(2,3)18-19(17(16)11-14)27-21(23-24-25-27)26(20(18)28)13-15-7-5-4-6-8-15/h4-11H,12-13H2,1-3H3. The van der Waals surface area contributed by atoms with E-state index in [-0.39, 0.29) is 11.0 Å². The summed E-state index contributed by atoms with van der Waals surface area (Å²) in [6.45, 7) is 6.75. The summed E-state index contributed by atoms with van der Waals surface area (Å²) in [6, 6.07) is 16.3. The third-order valence-corrected chi connectivity index (χ3v) is 5.62. The maximum absolute atomic E-state index is 13.7. The minimum Gasteiger partial charge on any atom is -0.271 e. The second kappa shape index (κ2) is 5.86. The topological polar surface area (TPSA) is 65.1 Å². The summed E-state index contributed by atoms with van der Waals surface area (Å²) >= 11 is 0. The molecule has 0 amide bonds. The minimum atomic E-state index is -0.312. The van der Waals surface area contributed by atoms with Crippen molar-refractivity contribution in [2.45, 2.75) is 39.2 Å². The van der Waals surface area contributed by atoms with Gasteiger partial charge in [-0.1, -0.05) is 67.0 Å². The molecule has 0 saturated heterocycles. The molecule has 5 rings (SSSR count). The first kappa shape index (κ1) is 16.9. The van der Waals surface area contributed by atoms with Crippen molar-refractivity contribution in [1.82, 2.24) is 24.6 Å². The van der Waals surface area contributed by atoms with Gasteiger partial charge in [0, 0.05) is 11.0 Å². The number of tetrazole rings is 1. The molecule has 0 atom stereocenters. The molecule has 2 aromatic carbocycles. The van der Waals surface area contributed by atoms with Crippen molar-refractivity contribution in [3.63, 3.8) is 0 Å². The van der Waals surface area contributed by atoms with Gasteiger partial charge in [0.05, 0.1) is 17.8 Å². The summed E-state index contributed by atoms with van der Waals surface area (Å²) in [5.74, 6) is 0.470. The molecule has 28 heavy (non-hydrogen) atoms. The molecule has 0 bridgehead atoms. The van der Waals surface area contributed by atoms with Gasteiger partial charge in [0.15, 0.2) is 0 Å². The lowest BCUT2D eigenvalue weighted by Crippen LogP contribution is -2.39. The van der Waals surface area contributed by atoms with E-state index >= 15 is 0 Å². The number of benzene rings is 2. The number of aromatic nitrogens is 5. The van der Waals surface area contributed by atoms with Crippen LogP contribution < -0.4 is 5.56 Å². The average molecular weight is 371 g/mol. The molecule has 1 aliphatic carbocycles. The highest BCUT2D eigenvalue weighted by molar-refractivity contribution is 5.73. The van der Waals surface area contributed by atoms with Crippen LogP contribution in [0.5, 0.6) is 0 Å². The molecule has 6 nitrogen and oxygen atoms in total. The molecule has 0 aliphatic heterocycles. The Balaban J connectivity index is 1.87. The number of hydrogen-bond acceptors (Lipinski definition) is 4. The number of hydrogen-bond donors (Lipinski definition) is 0. The summed E-state index contributed by atoms with van der Waals surface area (Å²) < 4.78 is 3.43. The fraction of sp³-hybridized carbons (Fsp3) is 0.273. The molecule has 6 heteroatoms. The highest BCUT2D eigenvalue weighted by Crippen LogP contribution is 2.41. The van der Waals surface area contributed by atoms with Crippen molar-refractivity contribution >= 4 is 5.78 Å². The van der Waals surface area contributed by atoms with Crippen molar-refractivity contribution < 1.29 is 0 Å². The van der Waals surface area contributed by atoms with E-state index in [4.69, 9.17) is 0 Å². The van der Waals surface area contributed by atoms with Crippen LogP contribution in [0.2, 0.25) is 0 Å². The maximum Gasteiger partial charge on any atom is 0.259 e. The predicted molar refractivity (Wildman–Crippen MR) is 107 cm³/mol. The van der Waals surface area contributed by atoms with Crippen molar-refractivity contribution in [2.75, 3.05) is 0 Å². The van der Waals surface area contributed by atoms with E-state index in [9.17, 15) is 4.79 Å². The van der Waals surface area contributed by atoms with Crippen LogP contribution in [0.4, 0.5) is 0 Å². The fourth-order valence-corrected chi connectivity index (χ4v) is 4.33. The van der Waals surface area contributed by atoms with Gasteiger partial charge in [0.2, 0.25) is 0 Å². The third-order valence-electron chi connectivity index (χ3n) is 5.62.